The molecule has 0 saturated carbocycles. The summed E-state index contributed by atoms with van der Waals surface area (Å²) in [6.45, 7) is 8.41. The van der Waals surface area contributed by atoms with Crippen LogP contribution in [0.1, 0.15) is 50.3 Å². The Morgan fingerprint density at radius 3 is 2.16 bits per heavy atom. The van der Waals surface area contributed by atoms with Gasteiger partial charge in [0.1, 0.15) is 11.8 Å². The number of fused-ring (bicyclic) bond motifs is 3. The molecule has 1 aliphatic carbocycles. The highest BCUT2D eigenvalue weighted by atomic mass is 35.5. The number of ether oxygens (including phenoxy) is 1. The quantitative estimate of drug-likeness (QED) is 0.308. The fraction of sp³-hybridized carbons (Fsp3) is 0.310. The van der Waals surface area contributed by atoms with Crippen LogP contribution in [0.4, 0.5) is 4.79 Å². The third kappa shape index (κ3) is 5.17. The summed E-state index contributed by atoms with van der Waals surface area (Å²) in [7, 11) is -0.630. The smallest absolute Gasteiger partial charge is 0.449 e. The van der Waals surface area contributed by atoms with E-state index in [4.69, 9.17) is 25.6 Å². The largest absolute Gasteiger partial charge is 0.492 e. The van der Waals surface area contributed by atoms with Crippen molar-refractivity contribution in [3.8, 4) is 11.1 Å². The minimum Gasteiger partial charge on any atom is -0.449 e. The predicted octanol–water partition coefficient (Wildman–Crippen LogP) is 6.29. The number of nitrogens with zero attached hydrogens (tertiary/aromatic N) is 1. The Labute approximate surface area is 223 Å². The molecule has 1 amide bonds. The number of carbonyl (C=O) groups excluding carboxylic acids is 1. The van der Waals surface area contributed by atoms with Gasteiger partial charge in [0.2, 0.25) is 0 Å². The van der Waals surface area contributed by atoms with E-state index in [2.05, 4.69) is 34.6 Å². The highest BCUT2D eigenvalue weighted by Crippen LogP contribution is 2.44. The van der Waals surface area contributed by atoms with Crippen LogP contribution in [-0.4, -0.2) is 42.5 Å². The van der Waals surface area contributed by atoms with Gasteiger partial charge in [-0.3, -0.25) is 0 Å². The average Bonchev–Trinajstić information content (AvgIpc) is 3.30. The second-order valence-corrected chi connectivity index (χ2v) is 10.8. The van der Waals surface area contributed by atoms with Gasteiger partial charge in [-0.15, -0.1) is 0 Å². The average molecular weight is 517 g/mol. The maximum absolute atomic E-state index is 12.8. The number of hydrogen-bond acceptors (Lipinski definition) is 5. The Hall–Kier alpha value is -3.13. The van der Waals surface area contributed by atoms with E-state index in [0.717, 1.165) is 11.0 Å². The summed E-state index contributed by atoms with van der Waals surface area (Å²) in [4.78, 5) is 17.0. The van der Waals surface area contributed by atoms with Gasteiger partial charge in [-0.1, -0.05) is 72.3 Å². The van der Waals surface area contributed by atoms with Gasteiger partial charge in [0, 0.05) is 18.7 Å². The first-order chi connectivity index (χ1) is 17.6. The van der Waals surface area contributed by atoms with Crippen molar-refractivity contribution >= 4 is 30.9 Å². The zero-order valence-corrected chi connectivity index (χ0v) is 22.2. The van der Waals surface area contributed by atoms with Crippen molar-refractivity contribution < 1.29 is 18.8 Å². The standard InChI is InChI=1S/C29H30BClN2O4/c1-28(2)29(3,4)37-30(36-28)20(15-19-13-14-26(31)32-16-19)17-33-27(34)35-18-25-23-11-7-5-9-21(23)22-10-6-8-12-24(22)25/h5-16,25H,17-18H2,1-4H3,(H,33,34). The third-order valence-corrected chi connectivity index (χ3v) is 7.66. The van der Waals surface area contributed by atoms with Crippen LogP contribution >= 0.6 is 11.6 Å². The van der Waals surface area contributed by atoms with Crippen LogP contribution in [0, 0.1) is 0 Å². The normalized spacial score (nSPS) is 17.9. The molecule has 2 heterocycles. The van der Waals surface area contributed by atoms with Crippen LogP contribution in [0.5, 0.6) is 0 Å². The number of halogens is 1. The Kier molecular flexibility index (Phi) is 6.88. The fourth-order valence-electron chi connectivity index (χ4n) is 4.71. The summed E-state index contributed by atoms with van der Waals surface area (Å²) < 4.78 is 18.2. The van der Waals surface area contributed by atoms with Crippen LogP contribution < -0.4 is 5.32 Å². The van der Waals surface area contributed by atoms with E-state index >= 15 is 0 Å². The van der Waals surface area contributed by atoms with E-state index in [1.165, 1.54) is 22.3 Å². The molecule has 190 valence electrons. The van der Waals surface area contributed by atoms with E-state index in [1.807, 2.05) is 64.1 Å². The third-order valence-electron chi connectivity index (χ3n) is 7.44. The molecular weight excluding hydrogens is 487 g/mol. The fourth-order valence-corrected chi connectivity index (χ4v) is 4.82. The molecule has 8 heteroatoms. The molecule has 2 aliphatic rings. The molecule has 0 atom stereocenters. The van der Waals surface area contributed by atoms with Gasteiger partial charge in [-0.25, -0.2) is 9.78 Å². The Balaban J connectivity index is 1.29. The van der Waals surface area contributed by atoms with Crippen molar-refractivity contribution in [1.82, 2.24) is 10.3 Å². The minimum absolute atomic E-state index is 0.00333. The molecule has 3 aromatic rings. The Bertz CT molecular complexity index is 1280. The van der Waals surface area contributed by atoms with Gasteiger partial charge in [-0.05, 0) is 67.1 Å². The molecule has 1 N–H and O–H groups in total. The van der Waals surface area contributed by atoms with Crippen molar-refractivity contribution in [3.05, 3.63) is 94.2 Å². The Morgan fingerprint density at radius 2 is 1.59 bits per heavy atom. The van der Waals surface area contributed by atoms with Gasteiger partial charge >= 0.3 is 13.2 Å². The second kappa shape index (κ2) is 9.97. The predicted molar refractivity (Wildman–Crippen MR) is 146 cm³/mol. The highest BCUT2D eigenvalue weighted by molar-refractivity contribution is 6.56. The van der Waals surface area contributed by atoms with Crippen molar-refractivity contribution in [1.29, 1.82) is 0 Å². The van der Waals surface area contributed by atoms with E-state index in [0.29, 0.717) is 5.15 Å². The molecule has 37 heavy (non-hydrogen) atoms. The van der Waals surface area contributed by atoms with Gasteiger partial charge in [-0.2, -0.15) is 0 Å². The molecule has 1 aromatic heterocycles. The zero-order chi connectivity index (χ0) is 26.2. The molecule has 1 saturated heterocycles. The van der Waals surface area contributed by atoms with E-state index in [1.54, 1.807) is 12.3 Å². The number of carbonyl (C=O) groups is 1. The number of amides is 1. The first kappa shape index (κ1) is 25.5. The molecule has 5 rings (SSSR count). The first-order valence-corrected chi connectivity index (χ1v) is 12.8. The summed E-state index contributed by atoms with van der Waals surface area (Å²) in [5, 5.41) is 3.29. The molecule has 0 unspecified atom stereocenters. The van der Waals surface area contributed by atoms with Crippen molar-refractivity contribution in [2.45, 2.75) is 44.8 Å². The van der Waals surface area contributed by atoms with Gasteiger partial charge < -0.3 is 19.4 Å². The maximum atomic E-state index is 12.8. The molecule has 0 bridgehead atoms. The number of benzene rings is 2. The monoisotopic (exact) mass is 516 g/mol. The first-order valence-electron chi connectivity index (χ1n) is 12.4. The van der Waals surface area contributed by atoms with Crippen LogP contribution in [0.15, 0.2) is 72.3 Å². The molecule has 2 aromatic carbocycles. The maximum Gasteiger partial charge on any atom is 0.492 e. The summed E-state index contributed by atoms with van der Waals surface area (Å²) in [6.07, 6.45) is 3.06. The van der Waals surface area contributed by atoms with Crippen molar-refractivity contribution in [3.63, 3.8) is 0 Å². The summed E-state index contributed by atoms with van der Waals surface area (Å²) in [5.41, 5.74) is 5.26. The topological polar surface area (TPSA) is 69.7 Å². The lowest BCUT2D eigenvalue weighted by Gasteiger charge is -2.32. The van der Waals surface area contributed by atoms with Crippen LogP contribution in [-0.2, 0) is 14.0 Å². The lowest BCUT2D eigenvalue weighted by molar-refractivity contribution is 0.00578. The Morgan fingerprint density at radius 1 is 1.00 bits per heavy atom. The summed E-state index contributed by atoms with van der Waals surface area (Å²) in [6, 6.07) is 20.1. The number of pyridine rings is 1. The molecular formula is C29H30BClN2O4. The van der Waals surface area contributed by atoms with Gasteiger partial charge in [0.15, 0.2) is 0 Å². The molecule has 1 fully saturated rings. The number of nitrogens with one attached hydrogen (secondary N) is 1. The van der Waals surface area contributed by atoms with Crippen LogP contribution in [0.2, 0.25) is 5.15 Å². The van der Waals surface area contributed by atoms with E-state index in [-0.39, 0.29) is 19.1 Å². The molecule has 1 aliphatic heterocycles. The number of rotatable bonds is 6. The minimum atomic E-state index is -0.630. The van der Waals surface area contributed by atoms with Crippen LogP contribution in [0.3, 0.4) is 0 Å². The molecule has 0 radical (unpaired) electrons. The second-order valence-electron chi connectivity index (χ2n) is 10.4. The van der Waals surface area contributed by atoms with E-state index in [9.17, 15) is 4.79 Å². The highest BCUT2D eigenvalue weighted by Gasteiger charge is 2.52. The van der Waals surface area contributed by atoms with E-state index < -0.39 is 24.4 Å². The number of aromatic nitrogens is 1. The molecule has 0 spiro atoms. The van der Waals surface area contributed by atoms with Crippen molar-refractivity contribution in [2.24, 2.45) is 0 Å². The zero-order valence-electron chi connectivity index (χ0n) is 21.5. The lowest BCUT2D eigenvalue weighted by Crippen LogP contribution is -2.41. The van der Waals surface area contributed by atoms with Gasteiger partial charge in [0.05, 0.1) is 11.2 Å². The van der Waals surface area contributed by atoms with Crippen LogP contribution in [0.25, 0.3) is 17.2 Å². The SMILES string of the molecule is CC1(C)OB(C(=Cc2ccc(Cl)nc2)CNC(=O)OCC2c3ccccc3-c3ccccc32)OC1(C)C. The number of alkyl carbamates (subject to hydrolysis) is 1. The summed E-state index contributed by atoms with van der Waals surface area (Å²) >= 11 is 5.95. The van der Waals surface area contributed by atoms with Gasteiger partial charge in [0.25, 0.3) is 0 Å². The molecule has 6 nitrogen and oxygen atoms in total. The lowest BCUT2D eigenvalue weighted by atomic mass is 9.77. The number of hydrogen-bond donors (Lipinski definition) is 1. The van der Waals surface area contributed by atoms with Crippen molar-refractivity contribution in [2.75, 3.05) is 13.2 Å². The summed E-state index contributed by atoms with van der Waals surface area (Å²) in [5.74, 6) is -0.00333.